The molecular formula is C17H19BrO2. The summed E-state index contributed by atoms with van der Waals surface area (Å²) in [6, 6.07) is 5.86. The van der Waals surface area contributed by atoms with Crippen LogP contribution in [0.15, 0.2) is 39.9 Å². The second kappa shape index (κ2) is 5.96. The molecule has 0 bridgehead atoms. The lowest BCUT2D eigenvalue weighted by Gasteiger charge is -2.35. The second-order valence-corrected chi connectivity index (χ2v) is 6.47. The molecule has 0 spiro atoms. The molecule has 0 N–H and O–H groups in total. The average molecular weight is 335 g/mol. The molecule has 3 heteroatoms. The predicted octanol–water partition coefficient (Wildman–Crippen LogP) is 4.93. The van der Waals surface area contributed by atoms with E-state index in [2.05, 4.69) is 35.9 Å². The van der Waals surface area contributed by atoms with Gasteiger partial charge >= 0.3 is 0 Å². The lowest BCUT2D eigenvalue weighted by molar-refractivity contribution is -0.106. The van der Waals surface area contributed by atoms with Gasteiger partial charge in [0.1, 0.15) is 17.6 Å². The van der Waals surface area contributed by atoms with Crippen LogP contribution in [0.3, 0.4) is 0 Å². The number of carbonyl (C=O) groups is 1. The molecule has 0 radical (unpaired) electrons. The number of allylic oxidation sites excluding steroid dienone is 2. The van der Waals surface area contributed by atoms with Gasteiger partial charge in [-0.25, -0.2) is 0 Å². The molecule has 1 heterocycles. The fourth-order valence-electron chi connectivity index (χ4n) is 2.34. The maximum Gasteiger partial charge on any atom is 0.150 e. The molecule has 1 unspecified atom stereocenters. The molecule has 1 aliphatic heterocycles. The topological polar surface area (TPSA) is 26.3 Å². The first kappa shape index (κ1) is 15.0. The number of halogens is 1. The zero-order chi connectivity index (χ0) is 14.8. The molecule has 0 aliphatic carbocycles. The number of benzene rings is 1. The summed E-state index contributed by atoms with van der Waals surface area (Å²) >= 11 is 3.44. The molecule has 1 aromatic carbocycles. The first-order valence-electron chi connectivity index (χ1n) is 6.74. The quantitative estimate of drug-likeness (QED) is 0.576. The average Bonchev–Trinajstić information content (AvgIpc) is 2.38. The minimum Gasteiger partial charge on any atom is -0.482 e. The second-order valence-electron chi connectivity index (χ2n) is 5.55. The van der Waals surface area contributed by atoms with Gasteiger partial charge in [0.25, 0.3) is 0 Å². The summed E-state index contributed by atoms with van der Waals surface area (Å²) in [6.45, 7) is 6.14. The van der Waals surface area contributed by atoms with Crippen molar-refractivity contribution in [1.82, 2.24) is 0 Å². The third kappa shape index (κ3) is 3.21. The Morgan fingerprint density at radius 2 is 2.15 bits per heavy atom. The van der Waals surface area contributed by atoms with Crippen molar-refractivity contribution < 1.29 is 9.53 Å². The lowest BCUT2D eigenvalue weighted by atomic mass is 9.87. The zero-order valence-corrected chi connectivity index (χ0v) is 13.7. The van der Waals surface area contributed by atoms with E-state index < -0.39 is 5.60 Å². The molecule has 1 atom stereocenters. The summed E-state index contributed by atoms with van der Waals surface area (Å²) < 4.78 is 7.09. The molecule has 0 amide bonds. The monoisotopic (exact) mass is 334 g/mol. The summed E-state index contributed by atoms with van der Waals surface area (Å²) in [6.07, 6.45) is 6.70. The van der Waals surface area contributed by atoms with Crippen molar-refractivity contribution in [3.05, 3.63) is 45.5 Å². The molecule has 0 fully saturated rings. The van der Waals surface area contributed by atoms with E-state index in [-0.39, 0.29) is 0 Å². The van der Waals surface area contributed by atoms with Crippen molar-refractivity contribution in [2.75, 3.05) is 0 Å². The van der Waals surface area contributed by atoms with Crippen LogP contribution < -0.4 is 4.74 Å². The molecule has 0 aromatic heterocycles. The summed E-state index contributed by atoms with van der Waals surface area (Å²) in [5.41, 5.74) is 2.38. The van der Waals surface area contributed by atoms with Crippen LogP contribution >= 0.6 is 15.9 Å². The number of hydrogen-bond donors (Lipinski definition) is 0. The summed E-state index contributed by atoms with van der Waals surface area (Å²) in [5.74, 6) is 0.832. The molecule has 0 saturated heterocycles. The molecule has 2 rings (SSSR count). The van der Waals surface area contributed by atoms with Crippen molar-refractivity contribution >= 4 is 28.3 Å². The van der Waals surface area contributed by atoms with Crippen molar-refractivity contribution in [2.24, 2.45) is 0 Å². The van der Waals surface area contributed by atoms with E-state index in [1.54, 1.807) is 0 Å². The molecule has 2 nitrogen and oxygen atoms in total. The van der Waals surface area contributed by atoms with Gasteiger partial charge in [0.15, 0.2) is 0 Å². The van der Waals surface area contributed by atoms with Crippen molar-refractivity contribution in [3.8, 4) is 5.75 Å². The third-order valence-corrected chi connectivity index (χ3v) is 4.02. The molecule has 106 valence electrons. The van der Waals surface area contributed by atoms with Crippen LogP contribution in [0.2, 0.25) is 0 Å². The zero-order valence-electron chi connectivity index (χ0n) is 12.1. The Kier molecular flexibility index (Phi) is 4.48. The van der Waals surface area contributed by atoms with Gasteiger partial charge in [0, 0.05) is 15.6 Å². The Hall–Kier alpha value is -1.35. The van der Waals surface area contributed by atoms with E-state index in [4.69, 9.17) is 4.74 Å². The van der Waals surface area contributed by atoms with E-state index in [1.165, 1.54) is 5.57 Å². The van der Waals surface area contributed by atoms with E-state index in [1.807, 2.05) is 31.2 Å². The van der Waals surface area contributed by atoms with Crippen LogP contribution in [0, 0.1) is 0 Å². The molecule has 20 heavy (non-hydrogen) atoms. The Morgan fingerprint density at radius 1 is 1.40 bits per heavy atom. The van der Waals surface area contributed by atoms with Crippen LogP contribution in [0.25, 0.3) is 6.08 Å². The van der Waals surface area contributed by atoms with Gasteiger partial charge < -0.3 is 4.74 Å². The highest BCUT2D eigenvalue weighted by atomic mass is 79.9. The van der Waals surface area contributed by atoms with Gasteiger partial charge in [-0.2, -0.15) is 0 Å². The Labute approximate surface area is 128 Å². The summed E-state index contributed by atoms with van der Waals surface area (Å²) in [7, 11) is 0. The molecule has 0 saturated carbocycles. The van der Waals surface area contributed by atoms with Crippen molar-refractivity contribution in [2.45, 2.75) is 39.2 Å². The summed E-state index contributed by atoms with van der Waals surface area (Å²) in [4.78, 5) is 11.4. The first-order chi connectivity index (χ1) is 9.44. The minimum atomic E-state index is -0.547. The largest absolute Gasteiger partial charge is 0.482 e. The van der Waals surface area contributed by atoms with Gasteiger partial charge in [-0.15, -0.1) is 0 Å². The van der Waals surface area contributed by atoms with Crippen molar-refractivity contribution in [1.29, 1.82) is 0 Å². The van der Waals surface area contributed by atoms with E-state index in [9.17, 15) is 4.79 Å². The van der Waals surface area contributed by atoms with Gasteiger partial charge in [0.2, 0.25) is 0 Å². The molecular weight excluding hydrogens is 316 g/mol. The first-order valence-corrected chi connectivity index (χ1v) is 7.53. The van der Waals surface area contributed by atoms with Crippen LogP contribution in [0.5, 0.6) is 5.75 Å². The minimum absolute atomic E-state index is 0.547. The van der Waals surface area contributed by atoms with E-state index >= 15 is 0 Å². The number of ether oxygens (including phenoxy) is 1. The number of aldehydes is 1. The van der Waals surface area contributed by atoms with Crippen LogP contribution in [-0.2, 0) is 4.79 Å². The number of carbonyl (C=O) groups excluding carboxylic acids is 1. The number of hydrogen-bond acceptors (Lipinski definition) is 2. The number of fused-ring (bicyclic) bond motifs is 1. The Morgan fingerprint density at radius 3 is 2.80 bits per heavy atom. The van der Waals surface area contributed by atoms with Gasteiger partial charge in [-0.3, -0.25) is 4.79 Å². The Balaban J connectivity index is 2.30. The van der Waals surface area contributed by atoms with Gasteiger partial charge in [-0.1, -0.05) is 27.6 Å². The normalized spacial score (nSPS) is 20.5. The third-order valence-electron chi connectivity index (χ3n) is 3.53. The molecule has 1 aliphatic rings. The van der Waals surface area contributed by atoms with E-state index in [0.717, 1.165) is 34.9 Å². The number of rotatable bonds is 4. The van der Waals surface area contributed by atoms with Crippen molar-refractivity contribution in [3.63, 3.8) is 0 Å². The van der Waals surface area contributed by atoms with Crippen LogP contribution in [-0.4, -0.2) is 11.9 Å². The summed E-state index contributed by atoms with van der Waals surface area (Å²) in [5, 5.41) is 0. The van der Waals surface area contributed by atoms with Gasteiger partial charge in [0.05, 0.1) is 0 Å². The molecule has 1 aromatic rings. The Bertz CT molecular complexity index is 583. The fraction of sp³-hybridized carbons (Fsp3) is 0.353. The van der Waals surface area contributed by atoms with E-state index in [0.29, 0.717) is 5.57 Å². The maximum atomic E-state index is 11.4. The predicted molar refractivity (Wildman–Crippen MR) is 85.9 cm³/mol. The SMILES string of the molecule is CC(C)=CCCC1(C)Oc2ccc(Br)cc2C=C1C=O. The highest BCUT2D eigenvalue weighted by Crippen LogP contribution is 2.38. The smallest absolute Gasteiger partial charge is 0.150 e. The van der Waals surface area contributed by atoms with Gasteiger partial charge in [-0.05, 0) is 57.9 Å². The van der Waals surface area contributed by atoms with Crippen LogP contribution in [0.1, 0.15) is 39.2 Å². The maximum absolute atomic E-state index is 11.4. The highest BCUT2D eigenvalue weighted by Gasteiger charge is 2.34. The van der Waals surface area contributed by atoms with Crippen LogP contribution in [0.4, 0.5) is 0 Å². The lowest BCUT2D eigenvalue weighted by Crippen LogP contribution is -2.37. The highest BCUT2D eigenvalue weighted by molar-refractivity contribution is 9.10. The standard InChI is InChI=1S/C17H19BrO2/c1-12(2)5-4-8-17(3)14(11-19)9-13-10-15(18)6-7-16(13)20-17/h5-7,9-11H,4,8H2,1-3H3. The fourth-order valence-corrected chi connectivity index (χ4v) is 2.72.